The number of nitrogens with one attached hydrogen (secondary N) is 1. The molecular weight excluding hydrogens is 305 g/mol. The Morgan fingerprint density at radius 3 is 2.43 bits per heavy atom. The molecule has 0 aliphatic rings. The Hall–Kier alpha value is -1.22. The fourth-order valence-electron chi connectivity index (χ4n) is 2.06. The van der Waals surface area contributed by atoms with E-state index in [1.54, 1.807) is 0 Å². The lowest BCUT2D eigenvalue weighted by atomic mass is 10.0. The highest BCUT2D eigenvalue weighted by atomic mass is 35.5. The number of halogens is 2. The van der Waals surface area contributed by atoms with Gasteiger partial charge in [0.15, 0.2) is 0 Å². The van der Waals surface area contributed by atoms with Gasteiger partial charge in [-0.05, 0) is 61.9 Å². The molecule has 1 N–H and O–H groups in total. The molecule has 0 radical (unpaired) electrons. The van der Waals surface area contributed by atoms with Crippen LogP contribution in [0.1, 0.15) is 11.1 Å². The zero-order valence-corrected chi connectivity index (χ0v) is 13.7. The minimum absolute atomic E-state index is 0.195. The van der Waals surface area contributed by atoms with Crippen molar-refractivity contribution in [1.29, 1.82) is 0 Å². The normalized spacial score (nSPS) is 12.2. The number of benzene rings is 2. The Labute approximate surface area is 136 Å². The van der Waals surface area contributed by atoms with Crippen LogP contribution in [-0.4, -0.2) is 19.7 Å². The van der Waals surface area contributed by atoms with Crippen LogP contribution in [0.2, 0.25) is 10.0 Å². The summed E-state index contributed by atoms with van der Waals surface area (Å²) in [6.07, 6.45) is 0.823. The average molecular weight is 324 g/mol. The summed E-state index contributed by atoms with van der Waals surface area (Å²) in [7, 11) is 1.93. The molecule has 4 heteroatoms. The van der Waals surface area contributed by atoms with E-state index in [4.69, 9.17) is 27.9 Å². The topological polar surface area (TPSA) is 21.3 Å². The standard InChI is InChI=1S/C17H19Cl2NO/c1-12-3-4-13(17(19)9-12)10-15(20-2)11-21-16-7-5-14(18)6-8-16/h3-9,15,20H,10-11H2,1-2H3. The third kappa shape index (κ3) is 4.92. The molecule has 0 heterocycles. The van der Waals surface area contributed by atoms with E-state index in [-0.39, 0.29) is 6.04 Å². The van der Waals surface area contributed by atoms with Gasteiger partial charge in [0.05, 0.1) is 0 Å². The summed E-state index contributed by atoms with van der Waals surface area (Å²) in [5.74, 6) is 0.814. The minimum atomic E-state index is 0.195. The smallest absolute Gasteiger partial charge is 0.119 e. The summed E-state index contributed by atoms with van der Waals surface area (Å²) in [5, 5.41) is 4.78. The van der Waals surface area contributed by atoms with E-state index < -0.39 is 0 Å². The van der Waals surface area contributed by atoms with E-state index in [1.165, 1.54) is 5.56 Å². The summed E-state index contributed by atoms with van der Waals surface area (Å²) >= 11 is 12.1. The Morgan fingerprint density at radius 1 is 1.10 bits per heavy atom. The summed E-state index contributed by atoms with van der Waals surface area (Å²) in [4.78, 5) is 0. The highest BCUT2D eigenvalue weighted by Crippen LogP contribution is 2.20. The quantitative estimate of drug-likeness (QED) is 0.844. The second kappa shape index (κ2) is 7.69. The van der Waals surface area contributed by atoms with Gasteiger partial charge in [-0.2, -0.15) is 0 Å². The van der Waals surface area contributed by atoms with E-state index in [0.717, 1.165) is 22.8 Å². The molecule has 2 nitrogen and oxygen atoms in total. The van der Waals surface area contributed by atoms with Crippen molar-refractivity contribution in [1.82, 2.24) is 5.32 Å². The van der Waals surface area contributed by atoms with Crippen molar-refractivity contribution in [3.8, 4) is 5.75 Å². The summed E-state index contributed by atoms with van der Waals surface area (Å²) in [5.41, 5.74) is 2.29. The van der Waals surface area contributed by atoms with Crippen LogP contribution in [-0.2, 0) is 6.42 Å². The molecule has 0 spiro atoms. The van der Waals surface area contributed by atoms with E-state index >= 15 is 0 Å². The molecule has 0 aliphatic heterocycles. The van der Waals surface area contributed by atoms with E-state index in [2.05, 4.69) is 17.4 Å². The van der Waals surface area contributed by atoms with Gasteiger partial charge < -0.3 is 10.1 Å². The van der Waals surface area contributed by atoms with E-state index in [1.807, 2.05) is 44.3 Å². The summed E-state index contributed by atoms with van der Waals surface area (Å²) in [6, 6.07) is 13.7. The van der Waals surface area contributed by atoms with Crippen molar-refractivity contribution in [3.63, 3.8) is 0 Å². The van der Waals surface area contributed by atoms with Gasteiger partial charge in [-0.25, -0.2) is 0 Å². The van der Waals surface area contributed by atoms with Gasteiger partial charge in [-0.3, -0.25) is 0 Å². The fraction of sp³-hybridized carbons (Fsp3) is 0.294. The maximum atomic E-state index is 6.28. The van der Waals surface area contributed by atoms with Crippen LogP contribution in [0.15, 0.2) is 42.5 Å². The SMILES string of the molecule is CNC(COc1ccc(Cl)cc1)Cc1ccc(C)cc1Cl. The van der Waals surface area contributed by atoms with Crippen molar-refractivity contribution in [2.75, 3.05) is 13.7 Å². The average Bonchev–Trinajstić information content (AvgIpc) is 2.47. The largest absolute Gasteiger partial charge is 0.492 e. The molecule has 21 heavy (non-hydrogen) atoms. The second-order valence-corrected chi connectivity index (χ2v) is 5.89. The molecule has 2 rings (SSSR count). The first-order valence-electron chi connectivity index (χ1n) is 6.89. The molecule has 0 saturated heterocycles. The highest BCUT2D eigenvalue weighted by Gasteiger charge is 2.11. The van der Waals surface area contributed by atoms with Gasteiger partial charge in [0, 0.05) is 16.1 Å². The van der Waals surface area contributed by atoms with Crippen LogP contribution in [0.3, 0.4) is 0 Å². The fourth-order valence-corrected chi connectivity index (χ4v) is 2.49. The van der Waals surface area contributed by atoms with Gasteiger partial charge >= 0.3 is 0 Å². The first-order valence-corrected chi connectivity index (χ1v) is 7.64. The molecular formula is C17H19Cl2NO. The molecule has 0 aliphatic carbocycles. The lowest BCUT2D eigenvalue weighted by Crippen LogP contribution is -2.33. The lowest BCUT2D eigenvalue weighted by molar-refractivity contribution is 0.270. The number of rotatable bonds is 6. The molecule has 0 saturated carbocycles. The van der Waals surface area contributed by atoms with Gasteiger partial charge in [-0.1, -0.05) is 35.3 Å². The zero-order chi connectivity index (χ0) is 15.2. The van der Waals surface area contributed by atoms with Crippen LogP contribution < -0.4 is 10.1 Å². The minimum Gasteiger partial charge on any atom is -0.492 e. The monoisotopic (exact) mass is 323 g/mol. The van der Waals surface area contributed by atoms with Crippen molar-refractivity contribution < 1.29 is 4.74 Å². The Balaban J connectivity index is 1.95. The molecule has 0 bridgehead atoms. The summed E-state index contributed by atoms with van der Waals surface area (Å²) in [6.45, 7) is 2.61. The second-order valence-electron chi connectivity index (χ2n) is 5.05. The van der Waals surface area contributed by atoms with E-state index in [0.29, 0.717) is 11.6 Å². The molecule has 2 aromatic rings. The number of likely N-dealkylation sites (N-methyl/N-ethyl adjacent to an activating group) is 1. The van der Waals surface area contributed by atoms with Crippen molar-refractivity contribution in [2.24, 2.45) is 0 Å². The number of hydrogen-bond donors (Lipinski definition) is 1. The maximum absolute atomic E-state index is 6.28. The van der Waals surface area contributed by atoms with Crippen LogP contribution >= 0.6 is 23.2 Å². The van der Waals surface area contributed by atoms with E-state index in [9.17, 15) is 0 Å². The first-order chi connectivity index (χ1) is 10.1. The number of ether oxygens (including phenoxy) is 1. The molecule has 2 aromatic carbocycles. The number of aryl methyl sites for hydroxylation is 1. The molecule has 0 amide bonds. The predicted octanol–water partition coefficient (Wildman–Crippen LogP) is 4.51. The van der Waals surface area contributed by atoms with Crippen LogP contribution in [0, 0.1) is 6.92 Å². The van der Waals surface area contributed by atoms with Crippen molar-refractivity contribution >= 4 is 23.2 Å². The first kappa shape index (κ1) is 16.2. The molecule has 1 unspecified atom stereocenters. The van der Waals surface area contributed by atoms with Gasteiger partial charge in [0.25, 0.3) is 0 Å². The third-order valence-electron chi connectivity index (χ3n) is 3.35. The highest BCUT2D eigenvalue weighted by molar-refractivity contribution is 6.31. The van der Waals surface area contributed by atoms with Gasteiger partial charge in [-0.15, -0.1) is 0 Å². The molecule has 0 fully saturated rings. The maximum Gasteiger partial charge on any atom is 0.119 e. The molecule has 112 valence electrons. The Morgan fingerprint density at radius 2 is 1.81 bits per heavy atom. The molecule has 0 aromatic heterocycles. The predicted molar refractivity (Wildman–Crippen MR) is 89.7 cm³/mol. The van der Waals surface area contributed by atoms with Crippen LogP contribution in [0.4, 0.5) is 0 Å². The van der Waals surface area contributed by atoms with Crippen molar-refractivity contribution in [2.45, 2.75) is 19.4 Å². The number of hydrogen-bond acceptors (Lipinski definition) is 2. The third-order valence-corrected chi connectivity index (χ3v) is 3.95. The Kier molecular flexibility index (Phi) is 5.92. The Bertz CT molecular complexity index is 584. The van der Waals surface area contributed by atoms with Crippen LogP contribution in [0.5, 0.6) is 5.75 Å². The van der Waals surface area contributed by atoms with Gasteiger partial charge in [0.1, 0.15) is 12.4 Å². The summed E-state index contributed by atoms with van der Waals surface area (Å²) < 4.78 is 5.79. The van der Waals surface area contributed by atoms with Crippen molar-refractivity contribution in [3.05, 3.63) is 63.6 Å². The van der Waals surface area contributed by atoms with Crippen LogP contribution in [0.25, 0.3) is 0 Å². The lowest BCUT2D eigenvalue weighted by Gasteiger charge is -2.18. The molecule has 1 atom stereocenters. The van der Waals surface area contributed by atoms with Gasteiger partial charge in [0.2, 0.25) is 0 Å². The zero-order valence-electron chi connectivity index (χ0n) is 12.2.